The molecule has 0 amide bonds. The zero-order valence-electron chi connectivity index (χ0n) is 10.6. The number of anilines is 2. The van der Waals surface area contributed by atoms with Crippen molar-refractivity contribution in [3.05, 3.63) is 52.7 Å². The second kappa shape index (κ2) is 5.10. The first-order valence-corrected chi connectivity index (χ1v) is 6.85. The Morgan fingerprint density at radius 1 is 1.16 bits per heavy atom. The standard InChI is InChI=1S/C15H16ClN3/c16-14-8-7-13(17)15(19-14)18-12-6-5-10-3-1-2-4-11(10)9-12/h1-4,7-8,12H,5-6,9,17H2,(H,18,19). The Labute approximate surface area is 117 Å². The zero-order chi connectivity index (χ0) is 13.2. The summed E-state index contributed by atoms with van der Waals surface area (Å²) in [6, 6.07) is 12.4. The number of hydrogen-bond acceptors (Lipinski definition) is 3. The summed E-state index contributed by atoms with van der Waals surface area (Å²) in [6.45, 7) is 0. The topological polar surface area (TPSA) is 50.9 Å². The minimum Gasteiger partial charge on any atom is -0.396 e. The SMILES string of the molecule is Nc1ccc(Cl)nc1NC1CCc2ccccc2C1. The van der Waals surface area contributed by atoms with Crippen LogP contribution in [0.5, 0.6) is 0 Å². The summed E-state index contributed by atoms with van der Waals surface area (Å²) in [5.41, 5.74) is 9.42. The molecule has 3 N–H and O–H groups in total. The van der Waals surface area contributed by atoms with Crippen LogP contribution in [0.1, 0.15) is 17.5 Å². The molecule has 1 aliphatic carbocycles. The third-order valence-corrected chi connectivity index (χ3v) is 3.79. The maximum Gasteiger partial charge on any atom is 0.151 e. The molecule has 98 valence electrons. The number of aryl methyl sites for hydroxylation is 1. The predicted molar refractivity (Wildman–Crippen MR) is 79.5 cm³/mol. The summed E-state index contributed by atoms with van der Waals surface area (Å²) < 4.78 is 0. The van der Waals surface area contributed by atoms with Crippen LogP contribution in [0.15, 0.2) is 36.4 Å². The van der Waals surface area contributed by atoms with Gasteiger partial charge in [-0.15, -0.1) is 0 Å². The molecule has 3 nitrogen and oxygen atoms in total. The normalized spacial score (nSPS) is 17.8. The Kier molecular flexibility index (Phi) is 3.30. The van der Waals surface area contributed by atoms with Gasteiger partial charge in [-0.3, -0.25) is 0 Å². The van der Waals surface area contributed by atoms with E-state index in [-0.39, 0.29) is 0 Å². The van der Waals surface area contributed by atoms with Crippen molar-refractivity contribution in [3.63, 3.8) is 0 Å². The van der Waals surface area contributed by atoms with Crippen LogP contribution in [-0.4, -0.2) is 11.0 Å². The minimum absolute atomic E-state index is 0.364. The molecule has 0 saturated heterocycles. The number of aromatic nitrogens is 1. The molecule has 1 unspecified atom stereocenters. The fourth-order valence-electron chi connectivity index (χ4n) is 2.58. The van der Waals surface area contributed by atoms with Crippen molar-refractivity contribution in [1.82, 2.24) is 4.98 Å². The quantitative estimate of drug-likeness (QED) is 0.826. The van der Waals surface area contributed by atoms with E-state index < -0.39 is 0 Å². The number of halogens is 1. The molecule has 4 heteroatoms. The van der Waals surface area contributed by atoms with E-state index in [4.69, 9.17) is 17.3 Å². The van der Waals surface area contributed by atoms with E-state index in [9.17, 15) is 0 Å². The number of nitrogen functional groups attached to an aromatic ring is 1. The van der Waals surface area contributed by atoms with Gasteiger partial charge in [0.25, 0.3) is 0 Å². The zero-order valence-corrected chi connectivity index (χ0v) is 11.3. The van der Waals surface area contributed by atoms with Gasteiger partial charge in [0.1, 0.15) is 5.15 Å². The van der Waals surface area contributed by atoms with Crippen molar-refractivity contribution in [2.24, 2.45) is 0 Å². The molecule has 2 aromatic rings. The first-order chi connectivity index (χ1) is 9.22. The van der Waals surface area contributed by atoms with E-state index in [2.05, 4.69) is 34.6 Å². The number of nitrogens with two attached hydrogens (primary N) is 1. The largest absolute Gasteiger partial charge is 0.396 e. The van der Waals surface area contributed by atoms with Crippen LogP contribution in [0.3, 0.4) is 0 Å². The van der Waals surface area contributed by atoms with Gasteiger partial charge in [-0.2, -0.15) is 0 Å². The van der Waals surface area contributed by atoms with Gasteiger partial charge in [0.2, 0.25) is 0 Å². The number of rotatable bonds is 2. The van der Waals surface area contributed by atoms with E-state index in [0.29, 0.717) is 22.7 Å². The number of fused-ring (bicyclic) bond motifs is 1. The highest BCUT2D eigenvalue weighted by Crippen LogP contribution is 2.25. The van der Waals surface area contributed by atoms with Gasteiger partial charge in [-0.25, -0.2) is 4.98 Å². The van der Waals surface area contributed by atoms with Gasteiger partial charge in [-0.1, -0.05) is 35.9 Å². The Morgan fingerprint density at radius 3 is 2.79 bits per heavy atom. The van der Waals surface area contributed by atoms with Gasteiger partial charge < -0.3 is 11.1 Å². The summed E-state index contributed by atoms with van der Waals surface area (Å²) in [4.78, 5) is 4.25. The molecule has 1 aromatic carbocycles. The monoisotopic (exact) mass is 273 g/mol. The lowest BCUT2D eigenvalue weighted by Crippen LogP contribution is -2.28. The number of nitrogens with zero attached hydrogens (tertiary/aromatic N) is 1. The lowest BCUT2D eigenvalue weighted by atomic mass is 9.88. The minimum atomic E-state index is 0.364. The van der Waals surface area contributed by atoms with E-state index in [0.717, 1.165) is 19.3 Å². The predicted octanol–water partition coefficient (Wildman–Crippen LogP) is 3.29. The van der Waals surface area contributed by atoms with Gasteiger partial charge >= 0.3 is 0 Å². The second-order valence-corrected chi connectivity index (χ2v) is 5.31. The van der Waals surface area contributed by atoms with E-state index in [1.54, 1.807) is 12.1 Å². The van der Waals surface area contributed by atoms with Crippen molar-refractivity contribution in [2.45, 2.75) is 25.3 Å². The average molecular weight is 274 g/mol. The molecule has 3 rings (SSSR count). The van der Waals surface area contributed by atoms with Crippen molar-refractivity contribution in [2.75, 3.05) is 11.1 Å². The maximum absolute atomic E-state index is 5.92. The molecule has 0 aliphatic heterocycles. The maximum atomic E-state index is 5.92. The molecular formula is C15H16ClN3. The Hall–Kier alpha value is -1.74. The summed E-state index contributed by atoms with van der Waals surface area (Å²) in [5, 5.41) is 3.88. The van der Waals surface area contributed by atoms with Crippen molar-refractivity contribution in [1.29, 1.82) is 0 Å². The van der Waals surface area contributed by atoms with Crippen LogP contribution in [-0.2, 0) is 12.8 Å². The van der Waals surface area contributed by atoms with E-state index in [1.807, 2.05) is 0 Å². The van der Waals surface area contributed by atoms with Crippen LogP contribution in [0.4, 0.5) is 11.5 Å². The molecule has 0 bridgehead atoms. The highest BCUT2D eigenvalue weighted by molar-refractivity contribution is 6.29. The highest BCUT2D eigenvalue weighted by atomic mass is 35.5. The van der Waals surface area contributed by atoms with Crippen molar-refractivity contribution in [3.8, 4) is 0 Å². The van der Waals surface area contributed by atoms with E-state index >= 15 is 0 Å². The molecule has 19 heavy (non-hydrogen) atoms. The Balaban J connectivity index is 1.77. The highest BCUT2D eigenvalue weighted by Gasteiger charge is 2.19. The molecular weight excluding hydrogens is 258 g/mol. The molecule has 1 atom stereocenters. The third-order valence-electron chi connectivity index (χ3n) is 3.58. The number of hydrogen-bond donors (Lipinski definition) is 2. The number of pyridine rings is 1. The molecule has 0 saturated carbocycles. The van der Waals surface area contributed by atoms with Gasteiger partial charge in [0.05, 0.1) is 5.69 Å². The fourth-order valence-corrected chi connectivity index (χ4v) is 2.72. The van der Waals surface area contributed by atoms with Crippen LogP contribution in [0.2, 0.25) is 5.15 Å². The third kappa shape index (κ3) is 2.66. The Morgan fingerprint density at radius 2 is 1.95 bits per heavy atom. The molecule has 1 aromatic heterocycles. The van der Waals surface area contributed by atoms with Crippen LogP contribution < -0.4 is 11.1 Å². The summed E-state index contributed by atoms with van der Waals surface area (Å²) in [7, 11) is 0. The Bertz CT molecular complexity index is 598. The summed E-state index contributed by atoms with van der Waals surface area (Å²) in [6.07, 6.45) is 3.18. The van der Waals surface area contributed by atoms with Crippen LogP contribution >= 0.6 is 11.6 Å². The van der Waals surface area contributed by atoms with Crippen LogP contribution in [0, 0.1) is 0 Å². The fraction of sp³-hybridized carbons (Fsp3) is 0.267. The molecule has 1 aliphatic rings. The van der Waals surface area contributed by atoms with Crippen molar-refractivity contribution >= 4 is 23.1 Å². The van der Waals surface area contributed by atoms with Gasteiger partial charge in [0.15, 0.2) is 5.82 Å². The lowest BCUT2D eigenvalue weighted by molar-refractivity contribution is 0.609. The molecule has 0 fully saturated rings. The number of nitrogens with one attached hydrogen (secondary N) is 1. The van der Waals surface area contributed by atoms with Crippen molar-refractivity contribution < 1.29 is 0 Å². The lowest BCUT2D eigenvalue weighted by Gasteiger charge is -2.26. The smallest absolute Gasteiger partial charge is 0.151 e. The first-order valence-electron chi connectivity index (χ1n) is 6.48. The molecule has 0 radical (unpaired) electrons. The number of benzene rings is 1. The van der Waals surface area contributed by atoms with Crippen LogP contribution in [0.25, 0.3) is 0 Å². The second-order valence-electron chi connectivity index (χ2n) is 4.92. The summed E-state index contributed by atoms with van der Waals surface area (Å²) >= 11 is 5.91. The molecule has 1 heterocycles. The average Bonchev–Trinajstić information content (AvgIpc) is 2.43. The van der Waals surface area contributed by atoms with Gasteiger partial charge in [-0.05, 0) is 42.5 Å². The summed E-state index contributed by atoms with van der Waals surface area (Å²) in [5.74, 6) is 0.692. The van der Waals surface area contributed by atoms with Gasteiger partial charge in [0, 0.05) is 6.04 Å². The molecule has 0 spiro atoms. The van der Waals surface area contributed by atoms with E-state index in [1.165, 1.54) is 11.1 Å². The first kappa shape index (κ1) is 12.3.